The molecule has 8 nitrogen and oxygen atoms in total. The molecule has 0 bridgehead atoms. The number of ether oxygens (including phenoxy) is 3. The fraction of sp³-hybridized carbons (Fsp3) is 0.231. The van der Waals surface area contributed by atoms with Gasteiger partial charge in [0.25, 0.3) is 5.56 Å². The van der Waals surface area contributed by atoms with Crippen molar-refractivity contribution in [3.05, 3.63) is 95.1 Å². The lowest BCUT2D eigenvalue weighted by molar-refractivity contribution is -0.143. The zero-order valence-electron chi connectivity index (χ0n) is 19.8. The normalized spacial score (nSPS) is 15.2. The Morgan fingerprint density at radius 3 is 2.53 bits per heavy atom. The second kappa shape index (κ2) is 11.0. The van der Waals surface area contributed by atoms with E-state index in [0.717, 1.165) is 11.1 Å². The van der Waals surface area contributed by atoms with E-state index in [1.807, 2.05) is 37.3 Å². The molecule has 0 unspecified atom stereocenters. The monoisotopic (exact) mass is 570 g/mol. The maximum atomic E-state index is 13.6. The molecule has 0 saturated carbocycles. The summed E-state index contributed by atoms with van der Waals surface area (Å²) in [6, 6.07) is 14.0. The Labute approximate surface area is 219 Å². The topological polar surface area (TPSA) is 96.2 Å². The lowest BCUT2D eigenvalue weighted by Crippen LogP contribution is -2.40. The predicted molar refractivity (Wildman–Crippen MR) is 138 cm³/mol. The lowest BCUT2D eigenvalue weighted by Gasteiger charge is -2.25. The van der Waals surface area contributed by atoms with Gasteiger partial charge in [-0.1, -0.05) is 54.7 Å². The van der Waals surface area contributed by atoms with E-state index in [0.29, 0.717) is 37.2 Å². The predicted octanol–water partition coefficient (Wildman–Crippen LogP) is 3.11. The van der Waals surface area contributed by atoms with Crippen molar-refractivity contribution >= 4 is 45.3 Å². The first-order valence-electron chi connectivity index (χ1n) is 11.0. The van der Waals surface area contributed by atoms with E-state index < -0.39 is 18.0 Å². The summed E-state index contributed by atoms with van der Waals surface area (Å²) in [6.45, 7) is 1.70. The molecule has 4 rings (SSSR count). The van der Waals surface area contributed by atoms with Crippen LogP contribution < -0.4 is 19.6 Å². The third-order valence-electron chi connectivity index (χ3n) is 5.59. The van der Waals surface area contributed by atoms with E-state index in [2.05, 4.69) is 25.7 Å². The number of fused-ring (bicyclic) bond motifs is 1. The molecular formula is C26H23BrN2O6S. The number of thiazole rings is 1. The summed E-state index contributed by atoms with van der Waals surface area (Å²) in [4.78, 5) is 43.0. The Bertz CT molecular complexity index is 1520. The van der Waals surface area contributed by atoms with E-state index in [4.69, 9.17) is 9.47 Å². The van der Waals surface area contributed by atoms with Crippen molar-refractivity contribution in [2.24, 2.45) is 4.99 Å². The molecule has 0 N–H and O–H groups in total. The van der Waals surface area contributed by atoms with Crippen LogP contribution in [0.25, 0.3) is 6.08 Å². The van der Waals surface area contributed by atoms with Gasteiger partial charge < -0.3 is 14.2 Å². The van der Waals surface area contributed by atoms with Gasteiger partial charge in [-0.25, -0.2) is 14.6 Å². The SMILES string of the molecule is CCC1=C(C(=O)OC)[C@H](c2ccccc2)n2c(s/c(=C\c3ccc(OCC(=O)OC)c(Br)c3)c2=O)=N1. The number of hydrogen-bond donors (Lipinski definition) is 0. The first-order chi connectivity index (χ1) is 17.4. The van der Waals surface area contributed by atoms with E-state index in [1.165, 1.54) is 25.6 Å². The number of rotatable bonds is 7. The molecule has 3 aromatic rings. The van der Waals surface area contributed by atoms with E-state index in [-0.39, 0.29) is 12.2 Å². The van der Waals surface area contributed by atoms with Crippen molar-refractivity contribution in [1.29, 1.82) is 0 Å². The standard InChI is InChI=1S/C26H23BrN2O6S/c1-4-18-22(25(32)34-3)23(16-8-6-5-7-9-16)29-24(31)20(36-26(29)28-18)13-15-10-11-19(17(27)12-15)35-14-21(30)33-2/h5-13,23H,4,14H2,1-3H3/b20-13-/t23-/m0/s1. The number of allylic oxidation sites excluding steroid dienone is 1. The molecule has 1 aromatic heterocycles. The molecule has 1 aliphatic heterocycles. The van der Waals surface area contributed by atoms with Crippen LogP contribution in [0.2, 0.25) is 0 Å². The Hall–Kier alpha value is -3.50. The van der Waals surface area contributed by atoms with E-state index in [9.17, 15) is 14.4 Å². The number of benzene rings is 2. The summed E-state index contributed by atoms with van der Waals surface area (Å²) >= 11 is 4.70. The van der Waals surface area contributed by atoms with Crippen molar-refractivity contribution in [2.75, 3.05) is 20.8 Å². The van der Waals surface area contributed by atoms with Crippen LogP contribution in [0.1, 0.15) is 30.5 Å². The molecule has 10 heteroatoms. The van der Waals surface area contributed by atoms with Crippen LogP contribution in [-0.4, -0.2) is 37.3 Å². The Kier molecular flexibility index (Phi) is 7.85. The third-order valence-corrected chi connectivity index (χ3v) is 7.20. The molecule has 0 amide bonds. The van der Waals surface area contributed by atoms with Crippen LogP contribution in [0.3, 0.4) is 0 Å². The van der Waals surface area contributed by atoms with Gasteiger partial charge in [-0.05, 0) is 51.7 Å². The molecule has 1 aliphatic rings. The minimum Gasteiger partial charge on any atom is -0.481 e. The van der Waals surface area contributed by atoms with Gasteiger partial charge in [-0.15, -0.1) is 0 Å². The highest BCUT2D eigenvalue weighted by Gasteiger charge is 2.33. The van der Waals surface area contributed by atoms with Crippen molar-refractivity contribution in [1.82, 2.24) is 4.57 Å². The lowest BCUT2D eigenvalue weighted by atomic mass is 9.95. The van der Waals surface area contributed by atoms with Crippen molar-refractivity contribution in [2.45, 2.75) is 19.4 Å². The van der Waals surface area contributed by atoms with Crippen molar-refractivity contribution < 1.29 is 23.8 Å². The van der Waals surface area contributed by atoms with E-state index in [1.54, 1.807) is 28.8 Å². The van der Waals surface area contributed by atoms with Gasteiger partial charge in [0.1, 0.15) is 5.75 Å². The first kappa shape index (κ1) is 25.6. The zero-order chi connectivity index (χ0) is 25.8. The van der Waals surface area contributed by atoms with Gasteiger partial charge >= 0.3 is 11.9 Å². The Balaban J connectivity index is 1.82. The summed E-state index contributed by atoms with van der Waals surface area (Å²) in [6.07, 6.45) is 2.27. The van der Waals surface area contributed by atoms with Gasteiger partial charge in [0, 0.05) is 0 Å². The van der Waals surface area contributed by atoms with E-state index >= 15 is 0 Å². The fourth-order valence-corrected chi connectivity index (χ4v) is 5.42. The maximum absolute atomic E-state index is 13.6. The molecule has 0 spiro atoms. The fourth-order valence-electron chi connectivity index (χ4n) is 3.89. The van der Waals surface area contributed by atoms with Crippen LogP contribution >= 0.6 is 27.3 Å². The Morgan fingerprint density at radius 2 is 1.89 bits per heavy atom. The number of carbonyl (C=O) groups is 2. The largest absolute Gasteiger partial charge is 0.481 e. The Morgan fingerprint density at radius 1 is 1.14 bits per heavy atom. The van der Waals surface area contributed by atoms with Gasteiger partial charge in [0.2, 0.25) is 0 Å². The van der Waals surface area contributed by atoms with Crippen LogP contribution in [0.15, 0.2) is 74.1 Å². The number of esters is 2. The molecule has 186 valence electrons. The number of methoxy groups -OCH3 is 2. The maximum Gasteiger partial charge on any atom is 0.343 e. The highest BCUT2D eigenvalue weighted by atomic mass is 79.9. The summed E-state index contributed by atoms with van der Waals surface area (Å²) in [5, 5.41) is 0. The second-order valence-electron chi connectivity index (χ2n) is 7.75. The van der Waals surface area contributed by atoms with Gasteiger partial charge in [0.05, 0.1) is 40.5 Å². The number of carbonyl (C=O) groups excluding carboxylic acids is 2. The summed E-state index contributed by atoms with van der Waals surface area (Å²) in [7, 11) is 2.62. The third kappa shape index (κ3) is 5.05. The molecular weight excluding hydrogens is 548 g/mol. The minimum atomic E-state index is -0.646. The van der Waals surface area contributed by atoms with Crippen LogP contribution in [0.5, 0.6) is 5.75 Å². The zero-order valence-corrected chi connectivity index (χ0v) is 22.2. The number of aromatic nitrogens is 1. The van der Waals surface area contributed by atoms with Crippen molar-refractivity contribution in [3.63, 3.8) is 0 Å². The second-order valence-corrected chi connectivity index (χ2v) is 9.62. The highest BCUT2D eigenvalue weighted by Crippen LogP contribution is 2.31. The molecule has 0 saturated heterocycles. The molecule has 1 atom stereocenters. The molecule has 0 radical (unpaired) electrons. The summed E-state index contributed by atoms with van der Waals surface area (Å²) < 4.78 is 17.8. The van der Waals surface area contributed by atoms with Crippen LogP contribution in [0.4, 0.5) is 0 Å². The first-order valence-corrected chi connectivity index (χ1v) is 12.7. The van der Waals surface area contributed by atoms with Crippen LogP contribution in [-0.2, 0) is 19.1 Å². The minimum absolute atomic E-state index is 0.213. The average Bonchev–Trinajstić information content (AvgIpc) is 3.21. The van der Waals surface area contributed by atoms with Gasteiger partial charge in [-0.3, -0.25) is 9.36 Å². The average molecular weight is 571 g/mol. The number of nitrogens with zero attached hydrogens (tertiary/aromatic N) is 2. The molecule has 2 aromatic carbocycles. The van der Waals surface area contributed by atoms with Crippen LogP contribution in [0, 0.1) is 0 Å². The number of hydrogen-bond acceptors (Lipinski definition) is 8. The molecule has 0 aliphatic carbocycles. The summed E-state index contributed by atoms with van der Waals surface area (Å²) in [5.74, 6) is -0.526. The molecule has 36 heavy (non-hydrogen) atoms. The molecule has 0 fully saturated rings. The number of halogens is 1. The van der Waals surface area contributed by atoms with Gasteiger partial charge in [-0.2, -0.15) is 0 Å². The molecule has 2 heterocycles. The highest BCUT2D eigenvalue weighted by molar-refractivity contribution is 9.10. The smallest absolute Gasteiger partial charge is 0.343 e. The van der Waals surface area contributed by atoms with Gasteiger partial charge in [0.15, 0.2) is 11.4 Å². The van der Waals surface area contributed by atoms with Crippen molar-refractivity contribution in [3.8, 4) is 5.75 Å². The quantitative estimate of drug-likeness (QED) is 0.405. The summed E-state index contributed by atoms with van der Waals surface area (Å²) in [5.41, 5.74) is 2.24.